The van der Waals surface area contributed by atoms with Crippen LogP contribution in [0.5, 0.6) is 5.75 Å². The van der Waals surface area contributed by atoms with Gasteiger partial charge >= 0.3 is 0 Å². The number of oxazole rings is 1. The van der Waals surface area contributed by atoms with Crippen LogP contribution in [0, 0.1) is 0 Å². The number of halogens is 2. The Morgan fingerprint density at radius 2 is 2.00 bits per heavy atom. The number of hydrogen-bond acceptors (Lipinski definition) is 4. The minimum atomic E-state index is -0.0806. The Bertz CT molecular complexity index is 759. The molecule has 8 heteroatoms. The molecular formula is C20H30ClIN4O2. The minimum absolute atomic E-state index is 0. The van der Waals surface area contributed by atoms with E-state index in [-0.39, 0.29) is 35.5 Å². The van der Waals surface area contributed by atoms with Crippen molar-refractivity contribution in [3.05, 3.63) is 47.1 Å². The van der Waals surface area contributed by atoms with E-state index in [2.05, 4.69) is 41.4 Å². The van der Waals surface area contributed by atoms with Gasteiger partial charge in [-0.3, -0.25) is 0 Å². The van der Waals surface area contributed by atoms with E-state index in [0.29, 0.717) is 35.7 Å². The summed E-state index contributed by atoms with van der Waals surface area (Å²) in [5.74, 6) is 2.80. The van der Waals surface area contributed by atoms with Crippen molar-refractivity contribution in [1.29, 1.82) is 0 Å². The van der Waals surface area contributed by atoms with Crippen molar-refractivity contribution in [3.63, 3.8) is 0 Å². The van der Waals surface area contributed by atoms with E-state index in [9.17, 15) is 0 Å². The fourth-order valence-corrected chi connectivity index (χ4v) is 2.44. The molecule has 0 saturated heterocycles. The lowest BCUT2D eigenvalue weighted by Crippen LogP contribution is -2.41. The molecule has 0 amide bonds. The van der Waals surface area contributed by atoms with Gasteiger partial charge < -0.3 is 19.8 Å². The second kappa shape index (κ2) is 11.5. The van der Waals surface area contributed by atoms with Gasteiger partial charge in [0.1, 0.15) is 24.2 Å². The molecule has 1 atom stereocenters. The normalized spacial score (nSPS) is 12.9. The second-order valence-corrected chi connectivity index (χ2v) is 7.71. The van der Waals surface area contributed by atoms with Gasteiger partial charge in [-0.25, -0.2) is 9.98 Å². The zero-order chi connectivity index (χ0) is 19.9. The van der Waals surface area contributed by atoms with E-state index in [1.54, 1.807) is 6.20 Å². The largest absolute Gasteiger partial charge is 0.487 e. The van der Waals surface area contributed by atoms with Crippen molar-refractivity contribution in [1.82, 2.24) is 15.6 Å². The maximum atomic E-state index is 6.13. The highest BCUT2D eigenvalue weighted by Gasteiger charge is 2.19. The average Bonchev–Trinajstić information content (AvgIpc) is 3.09. The first-order chi connectivity index (χ1) is 12.8. The van der Waals surface area contributed by atoms with E-state index in [4.69, 9.17) is 20.8 Å². The molecule has 0 aliphatic rings. The van der Waals surface area contributed by atoms with Crippen LogP contribution in [0.15, 0.2) is 39.9 Å². The molecule has 1 heterocycles. The van der Waals surface area contributed by atoms with Crippen LogP contribution >= 0.6 is 35.6 Å². The number of aliphatic imine (C=N–C) groups is 1. The molecule has 2 rings (SSSR count). The molecule has 0 fully saturated rings. The molecule has 0 aliphatic carbocycles. The molecule has 156 valence electrons. The number of hydrogen-bond donors (Lipinski definition) is 2. The van der Waals surface area contributed by atoms with Gasteiger partial charge in [0, 0.05) is 12.0 Å². The summed E-state index contributed by atoms with van der Waals surface area (Å²) in [6.07, 6.45) is 1.69. The number of aromatic nitrogens is 1. The molecule has 6 nitrogen and oxygen atoms in total. The van der Waals surface area contributed by atoms with Gasteiger partial charge in [-0.05, 0) is 26.0 Å². The van der Waals surface area contributed by atoms with Crippen LogP contribution in [0.3, 0.4) is 0 Å². The first-order valence-corrected chi connectivity index (χ1v) is 9.56. The lowest BCUT2D eigenvalue weighted by atomic mass is 9.94. The predicted octanol–water partition coefficient (Wildman–Crippen LogP) is 4.77. The number of ether oxygens (including phenoxy) is 1. The van der Waals surface area contributed by atoms with Gasteiger partial charge in [-0.15, -0.1) is 24.0 Å². The molecule has 2 aromatic rings. The number of guanidine groups is 1. The summed E-state index contributed by atoms with van der Waals surface area (Å²) in [5.41, 5.74) is -0.0663. The highest BCUT2D eigenvalue weighted by molar-refractivity contribution is 14.0. The van der Waals surface area contributed by atoms with Crippen LogP contribution < -0.4 is 15.4 Å². The van der Waals surface area contributed by atoms with Crippen molar-refractivity contribution in [3.8, 4) is 5.75 Å². The summed E-state index contributed by atoms with van der Waals surface area (Å²) in [4.78, 5) is 8.84. The number of benzene rings is 1. The summed E-state index contributed by atoms with van der Waals surface area (Å²) < 4.78 is 11.7. The Kier molecular flexibility index (Phi) is 10.1. The fourth-order valence-electron chi connectivity index (χ4n) is 2.26. The minimum Gasteiger partial charge on any atom is -0.487 e. The van der Waals surface area contributed by atoms with Crippen molar-refractivity contribution in [2.24, 2.45) is 4.99 Å². The van der Waals surface area contributed by atoms with E-state index in [0.717, 1.165) is 12.3 Å². The van der Waals surface area contributed by atoms with Crippen LogP contribution in [0.1, 0.15) is 46.3 Å². The summed E-state index contributed by atoms with van der Waals surface area (Å²) in [6.45, 7) is 12.0. The van der Waals surface area contributed by atoms with Crippen molar-refractivity contribution in [2.45, 2.75) is 52.7 Å². The smallest absolute Gasteiger partial charge is 0.216 e. The molecule has 2 N–H and O–H groups in total. The van der Waals surface area contributed by atoms with Gasteiger partial charge in [0.2, 0.25) is 5.89 Å². The Hall–Kier alpha value is -1.48. The summed E-state index contributed by atoms with van der Waals surface area (Å²) in [7, 11) is 0. The Morgan fingerprint density at radius 1 is 1.29 bits per heavy atom. The number of nitrogens with one attached hydrogen (secondary N) is 2. The topological polar surface area (TPSA) is 71.7 Å². The molecule has 0 saturated carbocycles. The van der Waals surface area contributed by atoms with E-state index < -0.39 is 0 Å². The van der Waals surface area contributed by atoms with Crippen molar-refractivity contribution < 1.29 is 9.15 Å². The highest BCUT2D eigenvalue weighted by atomic mass is 127. The quantitative estimate of drug-likeness (QED) is 0.313. The first-order valence-electron chi connectivity index (χ1n) is 9.18. The van der Waals surface area contributed by atoms with Crippen LogP contribution in [0.4, 0.5) is 0 Å². The van der Waals surface area contributed by atoms with Crippen LogP contribution in [-0.2, 0) is 12.0 Å². The standard InChI is InChI=1S/C20H29ClN4O2.HI/c1-6-22-19(25-13-18-23-12-17(27-18)20(3,4)5)24-11-14(2)26-16-10-8-7-9-15(16)21;/h7-10,12,14H,6,11,13H2,1-5H3,(H2,22,24,25);1H. The third-order valence-corrected chi connectivity index (χ3v) is 4.04. The van der Waals surface area contributed by atoms with Crippen LogP contribution in [-0.4, -0.2) is 30.1 Å². The molecule has 1 aromatic carbocycles. The predicted molar refractivity (Wildman–Crippen MR) is 125 cm³/mol. The average molecular weight is 521 g/mol. The molecule has 28 heavy (non-hydrogen) atoms. The summed E-state index contributed by atoms with van der Waals surface area (Å²) >= 11 is 6.13. The SMILES string of the molecule is CCNC(=NCc1ncc(C(C)(C)C)o1)NCC(C)Oc1ccccc1Cl.I. The first kappa shape index (κ1) is 24.6. The number of para-hydroxylation sites is 1. The number of nitrogens with zero attached hydrogens (tertiary/aromatic N) is 2. The van der Waals surface area contributed by atoms with Gasteiger partial charge in [0.15, 0.2) is 5.96 Å². The van der Waals surface area contributed by atoms with Gasteiger partial charge in [0.05, 0.1) is 17.8 Å². The third kappa shape index (κ3) is 7.87. The number of rotatable bonds is 7. The van der Waals surface area contributed by atoms with Gasteiger partial charge in [-0.2, -0.15) is 0 Å². The lowest BCUT2D eigenvalue weighted by Gasteiger charge is -2.18. The monoisotopic (exact) mass is 520 g/mol. The Morgan fingerprint density at radius 3 is 2.61 bits per heavy atom. The van der Waals surface area contributed by atoms with Crippen molar-refractivity contribution in [2.75, 3.05) is 13.1 Å². The van der Waals surface area contributed by atoms with Crippen molar-refractivity contribution >= 4 is 41.5 Å². The van der Waals surface area contributed by atoms with Gasteiger partial charge in [0.25, 0.3) is 0 Å². The summed E-state index contributed by atoms with van der Waals surface area (Å²) in [5, 5.41) is 7.08. The maximum absolute atomic E-state index is 6.13. The molecule has 1 aromatic heterocycles. The van der Waals surface area contributed by atoms with E-state index in [1.165, 1.54) is 0 Å². The molecule has 1 unspecified atom stereocenters. The molecular weight excluding hydrogens is 491 g/mol. The second-order valence-electron chi connectivity index (χ2n) is 7.30. The van der Waals surface area contributed by atoms with E-state index in [1.807, 2.05) is 38.1 Å². The molecule has 0 aliphatic heterocycles. The zero-order valence-electron chi connectivity index (χ0n) is 17.1. The van der Waals surface area contributed by atoms with Crippen LogP contribution in [0.25, 0.3) is 0 Å². The highest BCUT2D eigenvalue weighted by Crippen LogP contribution is 2.24. The molecule has 0 bridgehead atoms. The Balaban J connectivity index is 0.00000392. The molecule has 0 spiro atoms. The van der Waals surface area contributed by atoms with Gasteiger partial charge in [-0.1, -0.05) is 44.5 Å². The third-order valence-electron chi connectivity index (χ3n) is 3.73. The zero-order valence-corrected chi connectivity index (χ0v) is 20.2. The van der Waals surface area contributed by atoms with Crippen LogP contribution in [0.2, 0.25) is 5.02 Å². The lowest BCUT2D eigenvalue weighted by molar-refractivity contribution is 0.224. The molecule has 0 radical (unpaired) electrons. The van der Waals surface area contributed by atoms with E-state index >= 15 is 0 Å². The fraction of sp³-hybridized carbons (Fsp3) is 0.500. The Labute approximate surface area is 189 Å². The maximum Gasteiger partial charge on any atom is 0.216 e. The summed E-state index contributed by atoms with van der Waals surface area (Å²) in [6, 6.07) is 7.44.